The number of esters is 1. The Labute approximate surface area is 146 Å². The molecule has 1 unspecified atom stereocenters. The lowest BCUT2D eigenvalue weighted by Gasteiger charge is -2.10. The average Bonchev–Trinajstić information content (AvgIpc) is 3.04. The molecule has 2 aromatic rings. The number of nitrogens with zero attached hydrogens (tertiary/aromatic N) is 1. The topological polar surface area (TPSA) is 69.4 Å². The van der Waals surface area contributed by atoms with E-state index in [1.807, 2.05) is 19.1 Å². The summed E-state index contributed by atoms with van der Waals surface area (Å²) in [6.07, 6.45) is 3.98. The normalized spacial score (nSPS) is 11.6. The molecule has 1 aromatic heterocycles. The second kappa shape index (κ2) is 8.65. The molecule has 0 spiro atoms. The number of carbonyl (C=O) groups excluding carboxylic acids is 2. The minimum atomic E-state index is -0.430. The van der Waals surface area contributed by atoms with Crippen molar-refractivity contribution < 1.29 is 18.7 Å². The molecule has 1 atom stereocenters. The molecule has 5 heteroatoms. The molecule has 0 radical (unpaired) electrons. The fourth-order valence-corrected chi connectivity index (χ4v) is 2.27. The molecule has 1 aromatic carbocycles. The minimum absolute atomic E-state index is 0.199. The van der Waals surface area contributed by atoms with Crippen molar-refractivity contribution in [1.82, 2.24) is 4.98 Å². The Balaban J connectivity index is 2.22. The monoisotopic (exact) mass is 337 g/mol. The van der Waals surface area contributed by atoms with Crippen molar-refractivity contribution in [3.8, 4) is 11.8 Å². The van der Waals surface area contributed by atoms with E-state index in [-0.39, 0.29) is 17.5 Å². The van der Waals surface area contributed by atoms with Crippen LogP contribution in [-0.2, 0) is 9.53 Å². The van der Waals surface area contributed by atoms with Crippen LogP contribution in [0.1, 0.15) is 47.1 Å². The van der Waals surface area contributed by atoms with Gasteiger partial charge in [0.15, 0.2) is 12.2 Å². The number of aryl methyl sites for hydroxylation is 1. The van der Waals surface area contributed by atoms with Crippen molar-refractivity contribution in [2.75, 3.05) is 6.61 Å². The zero-order valence-corrected chi connectivity index (χ0v) is 14.4. The van der Waals surface area contributed by atoms with E-state index in [0.717, 1.165) is 5.56 Å². The Hall–Kier alpha value is -3.13. The van der Waals surface area contributed by atoms with Crippen molar-refractivity contribution in [3.63, 3.8) is 0 Å². The number of rotatable bonds is 5. The van der Waals surface area contributed by atoms with E-state index in [1.54, 1.807) is 26.0 Å². The van der Waals surface area contributed by atoms with Crippen molar-refractivity contribution in [3.05, 3.63) is 65.4 Å². The molecule has 25 heavy (non-hydrogen) atoms. The van der Waals surface area contributed by atoms with Crippen LogP contribution < -0.4 is 0 Å². The summed E-state index contributed by atoms with van der Waals surface area (Å²) in [5.41, 5.74) is 1.87. The first-order valence-electron chi connectivity index (χ1n) is 7.92. The molecule has 0 saturated carbocycles. The van der Waals surface area contributed by atoms with Gasteiger partial charge in [-0.2, -0.15) is 0 Å². The van der Waals surface area contributed by atoms with Crippen molar-refractivity contribution in [2.45, 2.75) is 26.7 Å². The van der Waals surface area contributed by atoms with Gasteiger partial charge in [0.05, 0.1) is 12.3 Å². The van der Waals surface area contributed by atoms with Crippen LogP contribution in [0.5, 0.6) is 0 Å². The third-order valence-electron chi connectivity index (χ3n) is 3.51. The number of hydrogen-bond donors (Lipinski definition) is 0. The van der Waals surface area contributed by atoms with Crippen LogP contribution in [-0.4, -0.2) is 23.3 Å². The van der Waals surface area contributed by atoms with E-state index in [9.17, 15) is 9.59 Å². The van der Waals surface area contributed by atoms with E-state index in [4.69, 9.17) is 9.15 Å². The molecule has 2 rings (SSSR count). The summed E-state index contributed by atoms with van der Waals surface area (Å²) < 4.78 is 9.99. The molecule has 128 valence electrons. The van der Waals surface area contributed by atoms with Crippen LogP contribution >= 0.6 is 0 Å². The molecule has 0 aliphatic rings. The first-order valence-corrected chi connectivity index (χ1v) is 7.92. The maximum absolute atomic E-state index is 12.7. The van der Waals surface area contributed by atoms with E-state index in [2.05, 4.69) is 16.8 Å². The Morgan fingerprint density at radius 2 is 2.12 bits per heavy atom. The van der Waals surface area contributed by atoms with Gasteiger partial charge in [0.25, 0.3) is 0 Å². The van der Waals surface area contributed by atoms with Gasteiger partial charge in [-0.1, -0.05) is 36.1 Å². The molecular formula is C20H19NO4. The first kappa shape index (κ1) is 18.2. The molecule has 0 saturated heterocycles. The van der Waals surface area contributed by atoms with E-state index < -0.39 is 5.97 Å². The van der Waals surface area contributed by atoms with Gasteiger partial charge in [-0.25, -0.2) is 9.78 Å². The number of hydrogen-bond acceptors (Lipinski definition) is 5. The summed E-state index contributed by atoms with van der Waals surface area (Å²) in [6, 6.07) is 7.24. The van der Waals surface area contributed by atoms with Gasteiger partial charge >= 0.3 is 5.97 Å². The van der Waals surface area contributed by atoms with Crippen molar-refractivity contribution in [2.24, 2.45) is 0 Å². The number of ketones is 1. The van der Waals surface area contributed by atoms with Crippen LogP contribution in [0.3, 0.4) is 0 Å². The Morgan fingerprint density at radius 3 is 2.80 bits per heavy atom. The highest BCUT2D eigenvalue weighted by Crippen LogP contribution is 2.23. The lowest BCUT2D eigenvalue weighted by molar-refractivity contribution is -0.137. The predicted molar refractivity (Wildman–Crippen MR) is 93.1 cm³/mol. The van der Waals surface area contributed by atoms with Gasteiger partial charge in [0, 0.05) is 17.6 Å². The summed E-state index contributed by atoms with van der Waals surface area (Å²) in [5.74, 6) is 5.20. The van der Waals surface area contributed by atoms with Crippen LogP contribution in [0.2, 0.25) is 0 Å². The van der Waals surface area contributed by atoms with Crippen LogP contribution in [0, 0.1) is 18.8 Å². The second-order valence-corrected chi connectivity index (χ2v) is 5.28. The number of aromatic nitrogens is 1. The zero-order chi connectivity index (χ0) is 18.2. The van der Waals surface area contributed by atoms with Crippen LogP contribution in [0.4, 0.5) is 0 Å². The average molecular weight is 337 g/mol. The fraction of sp³-hybridized carbons (Fsp3) is 0.250. The molecule has 0 fully saturated rings. The summed E-state index contributed by atoms with van der Waals surface area (Å²) >= 11 is 0. The minimum Gasteiger partial charge on any atom is -0.463 e. The summed E-state index contributed by atoms with van der Waals surface area (Å²) in [7, 11) is 0. The highest BCUT2D eigenvalue weighted by molar-refractivity contribution is 6.08. The molecule has 1 heterocycles. The van der Waals surface area contributed by atoms with Crippen LogP contribution in [0.25, 0.3) is 0 Å². The Bertz CT molecular complexity index is 852. The molecular weight excluding hydrogens is 318 g/mol. The molecule has 0 aliphatic carbocycles. The van der Waals surface area contributed by atoms with Gasteiger partial charge in [-0.05, 0) is 32.4 Å². The smallest absolute Gasteiger partial charge is 0.331 e. The molecule has 0 amide bonds. The van der Waals surface area contributed by atoms with Gasteiger partial charge in [0.2, 0.25) is 5.78 Å². The van der Waals surface area contributed by atoms with E-state index >= 15 is 0 Å². The quantitative estimate of drug-likeness (QED) is 0.362. The zero-order valence-electron chi connectivity index (χ0n) is 14.4. The van der Waals surface area contributed by atoms with Gasteiger partial charge in [-0.15, -0.1) is 0 Å². The second-order valence-electron chi connectivity index (χ2n) is 5.28. The number of oxazole rings is 1. The number of ether oxygens (including phenoxy) is 1. The van der Waals surface area contributed by atoms with Gasteiger partial charge in [0.1, 0.15) is 0 Å². The maximum Gasteiger partial charge on any atom is 0.331 e. The molecule has 0 N–H and O–H groups in total. The Kier molecular flexibility index (Phi) is 6.30. The summed E-state index contributed by atoms with van der Waals surface area (Å²) in [4.78, 5) is 27.9. The summed E-state index contributed by atoms with van der Waals surface area (Å²) in [6.45, 7) is 5.68. The first-order chi connectivity index (χ1) is 12.0. The number of carbonyl (C=O) groups is 2. The largest absolute Gasteiger partial charge is 0.463 e. The van der Waals surface area contributed by atoms with E-state index in [0.29, 0.717) is 17.9 Å². The lowest BCUT2D eigenvalue weighted by Crippen LogP contribution is -2.07. The molecule has 0 aliphatic heterocycles. The number of benzene rings is 1. The highest BCUT2D eigenvalue weighted by Gasteiger charge is 2.20. The Morgan fingerprint density at radius 1 is 1.36 bits per heavy atom. The number of allylic oxidation sites excluding steroid dienone is 1. The highest BCUT2D eigenvalue weighted by atomic mass is 16.5. The van der Waals surface area contributed by atoms with Gasteiger partial charge in [-0.3, -0.25) is 4.79 Å². The predicted octanol–water partition coefficient (Wildman–Crippen LogP) is 3.44. The fourth-order valence-electron chi connectivity index (χ4n) is 2.27. The third-order valence-corrected chi connectivity index (χ3v) is 3.51. The molecule has 0 bridgehead atoms. The lowest BCUT2D eigenvalue weighted by atomic mass is 9.93. The van der Waals surface area contributed by atoms with Crippen LogP contribution in [0.15, 0.2) is 47.2 Å². The van der Waals surface area contributed by atoms with E-state index in [1.165, 1.54) is 18.5 Å². The van der Waals surface area contributed by atoms with Gasteiger partial charge < -0.3 is 9.15 Å². The van der Waals surface area contributed by atoms with Crippen molar-refractivity contribution >= 4 is 11.8 Å². The summed E-state index contributed by atoms with van der Waals surface area (Å²) in [5, 5.41) is 0. The molecule has 5 nitrogen and oxygen atoms in total. The standard InChI is InChI=1S/C20H19NO4/c1-4-24-18(22)12-8-5-9-14(2)16-10-6-7-11-17(16)19(23)20-15(3)21-13-25-20/h6-8,10-14H,4H2,1-3H3/b12-8+. The SMILES string of the molecule is CCOC(=O)/C=C/C#CC(C)c1ccccc1C(=O)c1ocnc1C. The van der Waals surface area contributed by atoms with Crippen molar-refractivity contribution in [1.29, 1.82) is 0 Å². The maximum atomic E-state index is 12.7. The third kappa shape index (κ3) is 4.67.